The summed E-state index contributed by atoms with van der Waals surface area (Å²) < 4.78 is 1.77. The number of nitrogens with one attached hydrogen (secondary N) is 1. The van der Waals surface area contributed by atoms with Crippen LogP contribution in [0.4, 0.5) is 16.0 Å². The zero-order chi connectivity index (χ0) is 21.3. The fourth-order valence-corrected chi connectivity index (χ4v) is 4.14. The highest BCUT2D eigenvalue weighted by molar-refractivity contribution is 7.18. The number of nitrogens with zero attached hydrogens (tertiary/aromatic N) is 7. The van der Waals surface area contributed by atoms with E-state index >= 15 is 0 Å². The molecule has 0 aromatic carbocycles. The number of carbonyl (C=O) groups excluding carboxylic acids is 1. The fourth-order valence-electron chi connectivity index (χ4n) is 3.50. The van der Waals surface area contributed by atoms with Crippen LogP contribution in [-0.2, 0) is 4.79 Å². The maximum Gasteiger partial charge on any atom is 0.345 e. The molecule has 0 radical (unpaired) electrons. The largest absolute Gasteiger partial charge is 0.356 e. The lowest BCUT2D eigenvalue weighted by molar-refractivity contribution is -0.380. The lowest BCUT2D eigenvalue weighted by atomic mass is 9.97. The van der Waals surface area contributed by atoms with E-state index in [1.54, 1.807) is 4.68 Å². The summed E-state index contributed by atoms with van der Waals surface area (Å²) in [6, 6.07) is 3.84. The number of piperidine rings is 1. The van der Waals surface area contributed by atoms with Crippen molar-refractivity contribution >= 4 is 33.2 Å². The van der Waals surface area contributed by atoms with Gasteiger partial charge in [0.2, 0.25) is 5.91 Å². The van der Waals surface area contributed by atoms with Crippen LogP contribution in [0, 0.1) is 29.9 Å². The average Bonchev–Trinajstić information content (AvgIpc) is 3.34. The van der Waals surface area contributed by atoms with Crippen LogP contribution in [0.3, 0.4) is 0 Å². The van der Waals surface area contributed by atoms with Crippen molar-refractivity contribution in [1.82, 2.24) is 24.7 Å². The standard InChI is InChI=1S/C18H20N8O3S/c1-11-6-12(2)25(23-11)15-7-14(20-10-21-15)24-5-3-4-13(9-24)17(27)22-18-19-8-16(30-18)26(28)29/h6-8,10,13H,3-5,9H2,1-2H3,(H,19,22,27). The van der Waals surface area contributed by atoms with Gasteiger partial charge in [0.1, 0.15) is 18.3 Å². The quantitative estimate of drug-likeness (QED) is 0.484. The number of carbonyl (C=O) groups is 1. The van der Waals surface area contributed by atoms with Gasteiger partial charge in [-0.15, -0.1) is 0 Å². The molecule has 1 aliphatic rings. The van der Waals surface area contributed by atoms with Crippen LogP contribution in [0.1, 0.15) is 24.2 Å². The topological polar surface area (TPSA) is 132 Å². The van der Waals surface area contributed by atoms with Gasteiger partial charge < -0.3 is 10.2 Å². The zero-order valence-corrected chi connectivity index (χ0v) is 17.3. The highest BCUT2D eigenvalue weighted by atomic mass is 32.1. The molecule has 11 nitrogen and oxygen atoms in total. The third-order valence-corrected chi connectivity index (χ3v) is 5.75. The van der Waals surface area contributed by atoms with Gasteiger partial charge in [0.05, 0.1) is 16.5 Å². The molecule has 3 aromatic heterocycles. The minimum Gasteiger partial charge on any atom is -0.356 e. The molecule has 1 atom stereocenters. The van der Waals surface area contributed by atoms with Crippen LogP contribution in [0.5, 0.6) is 0 Å². The molecule has 1 unspecified atom stereocenters. The number of rotatable bonds is 5. The highest BCUT2D eigenvalue weighted by Crippen LogP contribution is 2.27. The van der Waals surface area contributed by atoms with Gasteiger partial charge in [-0.2, -0.15) is 5.10 Å². The molecule has 1 aliphatic heterocycles. The molecule has 12 heteroatoms. The van der Waals surface area contributed by atoms with Crippen LogP contribution in [0.2, 0.25) is 0 Å². The fraction of sp³-hybridized carbons (Fsp3) is 0.389. The number of hydrogen-bond acceptors (Lipinski definition) is 9. The van der Waals surface area contributed by atoms with Gasteiger partial charge in [0.25, 0.3) is 0 Å². The summed E-state index contributed by atoms with van der Waals surface area (Å²) in [5.41, 5.74) is 1.88. The summed E-state index contributed by atoms with van der Waals surface area (Å²) in [7, 11) is 0. The van der Waals surface area contributed by atoms with Crippen molar-refractivity contribution in [2.24, 2.45) is 5.92 Å². The van der Waals surface area contributed by atoms with Crippen LogP contribution >= 0.6 is 11.3 Å². The lowest BCUT2D eigenvalue weighted by Crippen LogP contribution is -2.41. The number of thiazole rings is 1. The Hall–Kier alpha value is -3.41. The molecule has 4 heterocycles. The first-order valence-electron chi connectivity index (χ1n) is 9.42. The summed E-state index contributed by atoms with van der Waals surface area (Å²) in [6.45, 7) is 5.16. The van der Waals surface area contributed by atoms with Crippen LogP contribution < -0.4 is 10.2 Å². The van der Waals surface area contributed by atoms with Gasteiger partial charge in [-0.05, 0) is 44.1 Å². The summed E-state index contributed by atoms with van der Waals surface area (Å²) >= 11 is 0.847. The van der Waals surface area contributed by atoms with E-state index in [1.807, 2.05) is 26.0 Å². The summed E-state index contributed by atoms with van der Waals surface area (Å²) in [4.78, 5) is 37.6. The van der Waals surface area contributed by atoms with E-state index in [0.717, 1.165) is 54.1 Å². The zero-order valence-electron chi connectivity index (χ0n) is 16.5. The molecule has 0 saturated carbocycles. The number of hydrogen-bond donors (Lipinski definition) is 1. The van der Waals surface area contributed by atoms with Gasteiger partial charge >= 0.3 is 5.00 Å². The molecule has 1 N–H and O–H groups in total. The summed E-state index contributed by atoms with van der Waals surface area (Å²) in [5.74, 6) is 0.938. The first kappa shape index (κ1) is 19.9. The molecule has 156 valence electrons. The number of anilines is 2. The van der Waals surface area contributed by atoms with Crippen LogP contribution in [0.25, 0.3) is 5.82 Å². The molecule has 1 saturated heterocycles. The molecule has 4 rings (SSSR count). The monoisotopic (exact) mass is 428 g/mol. The van der Waals surface area contributed by atoms with Gasteiger partial charge in [-0.3, -0.25) is 14.9 Å². The SMILES string of the molecule is Cc1cc(C)n(-c2cc(N3CCCC(C(=O)Nc4ncc([N+](=O)[O-])s4)C3)ncn2)n1. The third kappa shape index (κ3) is 4.13. The smallest absolute Gasteiger partial charge is 0.345 e. The molecule has 3 aromatic rings. The summed E-state index contributed by atoms with van der Waals surface area (Å²) in [5, 5.41) is 18.1. The molecule has 1 fully saturated rings. The highest BCUT2D eigenvalue weighted by Gasteiger charge is 2.28. The first-order valence-corrected chi connectivity index (χ1v) is 10.2. The Labute approximate surface area is 175 Å². The Kier molecular flexibility index (Phi) is 5.40. The average molecular weight is 428 g/mol. The minimum atomic E-state index is -0.523. The minimum absolute atomic E-state index is 0.103. The molecule has 30 heavy (non-hydrogen) atoms. The van der Waals surface area contributed by atoms with E-state index in [1.165, 1.54) is 6.33 Å². The predicted molar refractivity (Wildman–Crippen MR) is 111 cm³/mol. The second-order valence-corrected chi connectivity index (χ2v) is 8.12. The number of nitro groups is 1. The van der Waals surface area contributed by atoms with Gasteiger partial charge in [0, 0.05) is 24.8 Å². The van der Waals surface area contributed by atoms with E-state index in [0.29, 0.717) is 12.4 Å². The van der Waals surface area contributed by atoms with Gasteiger partial charge in [-0.1, -0.05) is 0 Å². The van der Waals surface area contributed by atoms with Gasteiger partial charge in [-0.25, -0.2) is 19.6 Å². The molecule has 0 aliphatic carbocycles. The normalized spacial score (nSPS) is 16.5. The maximum atomic E-state index is 12.7. The molecular formula is C18H20N8O3S. The van der Waals surface area contributed by atoms with Crippen molar-refractivity contribution in [2.75, 3.05) is 23.3 Å². The summed E-state index contributed by atoms with van der Waals surface area (Å²) in [6.07, 6.45) is 4.20. The molecule has 1 amide bonds. The number of aryl methyl sites for hydroxylation is 2. The van der Waals surface area contributed by atoms with Crippen molar-refractivity contribution in [3.63, 3.8) is 0 Å². The maximum absolute atomic E-state index is 12.7. The van der Waals surface area contributed by atoms with Crippen molar-refractivity contribution in [3.05, 3.63) is 46.2 Å². The predicted octanol–water partition coefficient (Wildman–Crippen LogP) is 2.50. The number of amides is 1. The third-order valence-electron chi connectivity index (χ3n) is 4.88. The van der Waals surface area contributed by atoms with Crippen molar-refractivity contribution in [2.45, 2.75) is 26.7 Å². The van der Waals surface area contributed by atoms with Crippen LogP contribution in [0.15, 0.2) is 24.7 Å². The molecular weight excluding hydrogens is 408 g/mol. The Morgan fingerprint density at radius 3 is 2.77 bits per heavy atom. The Morgan fingerprint density at radius 1 is 1.27 bits per heavy atom. The van der Waals surface area contributed by atoms with E-state index in [-0.39, 0.29) is 22.0 Å². The first-order chi connectivity index (χ1) is 14.4. The van der Waals surface area contributed by atoms with Crippen LogP contribution in [-0.4, -0.2) is 48.7 Å². The second kappa shape index (κ2) is 8.14. The molecule has 0 spiro atoms. The van der Waals surface area contributed by atoms with E-state index in [9.17, 15) is 14.9 Å². The lowest BCUT2D eigenvalue weighted by Gasteiger charge is -2.32. The van der Waals surface area contributed by atoms with Crippen molar-refractivity contribution in [1.29, 1.82) is 0 Å². The van der Waals surface area contributed by atoms with E-state index < -0.39 is 4.92 Å². The van der Waals surface area contributed by atoms with Gasteiger partial charge in [0.15, 0.2) is 10.9 Å². The molecule has 0 bridgehead atoms. The van der Waals surface area contributed by atoms with Crippen molar-refractivity contribution in [3.8, 4) is 5.82 Å². The Balaban J connectivity index is 1.47. The second-order valence-electron chi connectivity index (χ2n) is 7.11. The van der Waals surface area contributed by atoms with E-state index in [2.05, 4.69) is 30.3 Å². The Morgan fingerprint density at radius 2 is 2.07 bits per heavy atom. The number of aromatic nitrogens is 5. The Bertz CT molecular complexity index is 1090. The van der Waals surface area contributed by atoms with E-state index in [4.69, 9.17) is 0 Å². The van der Waals surface area contributed by atoms with Crippen molar-refractivity contribution < 1.29 is 9.72 Å².